The van der Waals surface area contributed by atoms with E-state index in [4.69, 9.17) is 5.11 Å². The van der Waals surface area contributed by atoms with E-state index in [1.807, 2.05) is 5.38 Å². The summed E-state index contributed by atoms with van der Waals surface area (Å²) in [5, 5.41) is 11.6. The second kappa shape index (κ2) is 5.26. The number of thiazole rings is 1. The summed E-state index contributed by atoms with van der Waals surface area (Å²) >= 11 is 1.56. The van der Waals surface area contributed by atoms with Gasteiger partial charge in [0.25, 0.3) is 0 Å². The third-order valence-corrected chi connectivity index (χ3v) is 4.64. The summed E-state index contributed by atoms with van der Waals surface area (Å²) in [5.41, 5.74) is 0.667. The zero-order chi connectivity index (χ0) is 13.3. The van der Waals surface area contributed by atoms with E-state index in [0.29, 0.717) is 23.6 Å². The van der Waals surface area contributed by atoms with Gasteiger partial charge in [0.05, 0.1) is 12.1 Å². The maximum Gasteiger partial charge on any atom is 0.309 e. The van der Waals surface area contributed by atoms with E-state index >= 15 is 0 Å². The van der Waals surface area contributed by atoms with Crippen molar-refractivity contribution in [2.45, 2.75) is 39.7 Å². The molecular formula is C13H20N2O2S. The molecule has 2 rings (SSSR count). The molecule has 3 atom stereocenters. The second-order valence-corrected chi connectivity index (χ2v) is 6.24. The van der Waals surface area contributed by atoms with Crippen LogP contribution in [0.5, 0.6) is 0 Å². The Labute approximate surface area is 112 Å². The Balaban J connectivity index is 2.14. The molecule has 1 fully saturated rings. The van der Waals surface area contributed by atoms with E-state index in [0.717, 1.165) is 11.7 Å². The SMILES string of the molecule is CC1CC(C)C(C)N(c2nc(CC(=O)O)cs2)C1. The maximum atomic E-state index is 10.7. The molecule has 1 aliphatic heterocycles. The monoisotopic (exact) mass is 268 g/mol. The second-order valence-electron chi connectivity index (χ2n) is 5.40. The highest BCUT2D eigenvalue weighted by molar-refractivity contribution is 7.13. The van der Waals surface area contributed by atoms with E-state index in [9.17, 15) is 4.79 Å². The zero-order valence-corrected chi connectivity index (χ0v) is 11.9. The van der Waals surface area contributed by atoms with Crippen molar-refractivity contribution in [3.05, 3.63) is 11.1 Å². The molecule has 3 unspecified atom stereocenters. The Kier molecular flexibility index (Phi) is 3.90. The van der Waals surface area contributed by atoms with Crippen LogP contribution >= 0.6 is 11.3 Å². The van der Waals surface area contributed by atoms with Crippen LogP contribution in [0.4, 0.5) is 5.13 Å². The van der Waals surface area contributed by atoms with Crippen LogP contribution in [0.1, 0.15) is 32.9 Å². The lowest BCUT2D eigenvalue weighted by Crippen LogP contribution is -2.45. The molecule has 0 spiro atoms. The molecule has 1 aliphatic rings. The van der Waals surface area contributed by atoms with Crippen molar-refractivity contribution in [3.63, 3.8) is 0 Å². The molecule has 0 aliphatic carbocycles. The highest BCUT2D eigenvalue weighted by Gasteiger charge is 2.30. The third kappa shape index (κ3) is 2.83. The van der Waals surface area contributed by atoms with Crippen molar-refractivity contribution >= 4 is 22.4 Å². The smallest absolute Gasteiger partial charge is 0.309 e. The van der Waals surface area contributed by atoms with Gasteiger partial charge < -0.3 is 10.0 Å². The summed E-state index contributed by atoms with van der Waals surface area (Å²) in [6.45, 7) is 7.79. The fraction of sp³-hybridized carbons (Fsp3) is 0.692. The zero-order valence-electron chi connectivity index (χ0n) is 11.1. The average Bonchev–Trinajstić information content (AvgIpc) is 2.70. The van der Waals surface area contributed by atoms with Gasteiger partial charge in [0, 0.05) is 18.0 Å². The first kappa shape index (κ1) is 13.3. The number of hydrogen-bond acceptors (Lipinski definition) is 4. The Morgan fingerprint density at radius 1 is 1.56 bits per heavy atom. The van der Waals surface area contributed by atoms with Gasteiger partial charge in [-0.2, -0.15) is 0 Å². The fourth-order valence-corrected chi connectivity index (χ4v) is 3.56. The number of carboxylic acid groups (broad SMARTS) is 1. The number of aromatic nitrogens is 1. The summed E-state index contributed by atoms with van der Waals surface area (Å²) in [6.07, 6.45) is 1.27. The van der Waals surface area contributed by atoms with Crippen molar-refractivity contribution in [1.82, 2.24) is 4.98 Å². The predicted molar refractivity (Wildman–Crippen MR) is 73.2 cm³/mol. The van der Waals surface area contributed by atoms with Crippen molar-refractivity contribution in [3.8, 4) is 0 Å². The molecule has 1 aromatic heterocycles. The average molecular weight is 268 g/mol. The van der Waals surface area contributed by atoms with Crippen LogP contribution < -0.4 is 4.90 Å². The first-order chi connectivity index (χ1) is 8.47. The minimum absolute atomic E-state index is 0.0177. The van der Waals surface area contributed by atoms with Gasteiger partial charge in [-0.25, -0.2) is 4.98 Å². The highest BCUT2D eigenvalue weighted by Crippen LogP contribution is 2.32. The Bertz CT molecular complexity index is 432. The molecule has 1 saturated heterocycles. The van der Waals surface area contributed by atoms with Gasteiger partial charge in [-0.1, -0.05) is 13.8 Å². The largest absolute Gasteiger partial charge is 0.481 e. The number of anilines is 1. The number of piperidine rings is 1. The van der Waals surface area contributed by atoms with Crippen LogP contribution in [0, 0.1) is 11.8 Å². The first-order valence-electron chi connectivity index (χ1n) is 6.40. The van der Waals surface area contributed by atoms with Crippen molar-refractivity contribution in [2.75, 3.05) is 11.4 Å². The van der Waals surface area contributed by atoms with E-state index in [-0.39, 0.29) is 6.42 Å². The van der Waals surface area contributed by atoms with E-state index in [1.54, 1.807) is 11.3 Å². The van der Waals surface area contributed by atoms with Gasteiger partial charge >= 0.3 is 5.97 Å². The Morgan fingerprint density at radius 2 is 2.28 bits per heavy atom. The number of nitrogens with zero attached hydrogens (tertiary/aromatic N) is 2. The van der Waals surface area contributed by atoms with Gasteiger partial charge in [0.15, 0.2) is 5.13 Å². The van der Waals surface area contributed by atoms with Crippen LogP contribution in [0.3, 0.4) is 0 Å². The van der Waals surface area contributed by atoms with Crippen LogP contribution in [0.15, 0.2) is 5.38 Å². The molecule has 0 saturated carbocycles. The molecule has 100 valence electrons. The molecule has 0 bridgehead atoms. The van der Waals surface area contributed by atoms with Crippen LogP contribution in [0.25, 0.3) is 0 Å². The van der Waals surface area contributed by atoms with Crippen molar-refractivity contribution in [1.29, 1.82) is 0 Å². The number of carboxylic acids is 1. The lowest BCUT2D eigenvalue weighted by molar-refractivity contribution is -0.136. The van der Waals surface area contributed by atoms with E-state index < -0.39 is 5.97 Å². The van der Waals surface area contributed by atoms with Crippen LogP contribution in [-0.2, 0) is 11.2 Å². The number of hydrogen-bond donors (Lipinski definition) is 1. The molecule has 0 radical (unpaired) electrons. The maximum absolute atomic E-state index is 10.7. The lowest BCUT2D eigenvalue weighted by atomic mass is 9.86. The number of aliphatic carboxylic acids is 1. The normalized spacial score (nSPS) is 28.4. The summed E-state index contributed by atoms with van der Waals surface area (Å²) in [5.74, 6) is 0.504. The quantitative estimate of drug-likeness (QED) is 0.915. The van der Waals surface area contributed by atoms with Gasteiger partial charge in [-0.15, -0.1) is 11.3 Å². The Hall–Kier alpha value is -1.10. The molecule has 1 N–H and O–H groups in total. The van der Waals surface area contributed by atoms with Crippen molar-refractivity contribution in [2.24, 2.45) is 11.8 Å². The number of rotatable bonds is 3. The minimum Gasteiger partial charge on any atom is -0.481 e. The Morgan fingerprint density at radius 3 is 2.94 bits per heavy atom. The number of carbonyl (C=O) groups is 1. The predicted octanol–water partition coefficient (Wildman–Crippen LogP) is 2.64. The molecule has 5 heteroatoms. The highest BCUT2D eigenvalue weighted by atomic mass is 32.1. The van der Waals surface area contributed by atoms with E-state index in [1.165, 1.54) is 6.42 Å². The summed E-state index contributed by atoms with van der Waals surface area (Å²) in [7, 11) is 0. The fourth-order valence-electron chi connectivity index (χ4n) is 2.63. The summed E-state index contributed by atoms with van der Waals surface area (Å²) in [4.78, 5) is 17.5. The topological polar surface area (TPSA) is 53.4 Å². The van der Waals surface area contributed by atoms with Gasteiger partial charge in [0.1, 0.15) is 0 Å². The molecular weight excluding hydrogens is 248 g/mol. The molecule has 2 heterocycles. The van der Waals surface area contributed by atoms with E-state index in [2.05, 4.69) is 30.7 Å². The minimum atomic E-state index is -0.819. The molecule has 1 aromatic rings. The van der Waals surface area contributed by atoms with Crippen LogP contribution in [0.2, 0.25) is 0 Å². The van der Waals surface area contributed by atoms with Gasteiger partial charge in [-0.05, 0) is 25.2 Å². The molecule has 4 nitrogen and oxygen atoms in total. The van der Waals surface area contributed by atoms with Gasteiger partial charge in [-0.3, -0.25) is 4.79 Å². The summed E-state index contributed by atoms with van der Waals surface area (Å²) < 4.78 is 0. The van der Waals surface area contributed by atoms with Crippen LogP contribution in [-0.4, -0.2) is 28.6 Å². The molecule has 0 amide bonds. The lowest BCUT2D eigenvalue weighted by Gasteiger charge is -2.41. The van der Waals surface area contributed by atoms with Gasteiger partial charge in [0.2, 0.25) is 0 Å². The standard InChI is InChI=1S/C13H20N2O2S/c1-8-4-9(2)10(3)15(6-8)13-14-11(7-18-13)5-12(16)17/h7-10H,4-6H2,1-3H3,(H,16,17). The molecule has 18 heavy (non-hydrogen) atoms. The summed E-state index contributed by atoms with van der Waals surface area (Å²) in [6, 6.07) is 0.477. The first-order valence-corrected chi connectivity index (χ1v) is 7.28. The third-order valence-electron chi connectivity index (χ3n) is 3.72. The van der Waals surface area contributed by atoms with Crippen molar-refractivity contribution < 1.29 is 9.90 Å². The molecule has 0 aromatic carbocycles.